The molecule has 0 amide bonds. The lowest BCUT2D eigenvalue weighted by Gasteiger charge is -2.13. The summed E-state index contributed by atoms with van der Waals surface area (Å²) in [6.07, 6.45) is 0. The van der Waals surface area contributed by atoms with Crippen LogP contribution in [0.2, 0.25) is 5.02 Å². The van der Waals surface area contributed by atoms with Crippen LogP contribution in [0.4, 0.5) is 11.4 Å². The van der Waals surface area contributed by atoms with E-state index in [2.05, 4.69) is 5.32 Å². The van der Waals surface area contributed by atoms with E-state index in [4.69, 9.17) is 11.6 Å². The van der Waals surface area contributed by atoms with E-state index >= 15 is 0 Å². The fourth-order valence-electron chi connectivity index (χ4n) is 2.24. The zero-order valence-corrected chi connectivity index (χ0v) is 15.6. The molecule has 0 spiro atoms. The summed E-state index contributed by atoms with van der Waals surface area (Å²) in [4.78, 5) is 10.6. The summed E-state index contributed by atoms with van der Waals surface area (Å²) < 4.78 is 25.2. The van der Waals surface area contributed by atoms with Crippen LogP contribution in [-0.2, 0) is 16.6 Å². The molecule has 1 N–H and O–H groups in total. The van der Waals surface area contributed by atoms with Crippen molar-refractivity contribution in [3.05, 3.63) is 62.7 Å². The second kappa shape index (κ2) is 7.38. The standard InChI is InChI=1S/C16H18ClN3O4S/c1-11-8-13(20(21)22)9-15(17)16(11)18-10-12-4-6-14(7-5-12)25(23,24)19(2)3/h4-9,18H,10H2,1-3H3. The fraction of sp³-hybridized carbons (Fsp3) is 0.250. The van der Waals surface area contributed by atoms with Gasteiger partial charge in [0.05, 0.1) is 20.5 Å². The van der Waals surface area contributed by atoms with E-state index in [1.165, 1.54) is 38.4 Å². The summed E-state index contributed by atoms with van der Waals surface area (Å²) in [7, 11) is -0.506. The zero-order valence-electron chi connectivity index (χ0n) is 14.0. The first kappa shape index (κ1) is 19.2. The van der Waals surface area contributed by atoms with Gasteiger partial charge in [0.2, 0.25) is 10.0 Å². The minimum atomic E-state index is -3.46. The molecule has 7 nitrogen and oxygen atoms in total. The van der Waals surface area contributed by atoms with Gasteiger partial charge in [-0.15, -0.1) is 0 Å². The van der Waals surface area contributed by atoms with Gasteiger partial charge in [-0.1, -0.05) is 23.7 Å². The van der Waals surface area contributed by atoms with Crippen molar-refractivity contribution >= 4 is 33.0 Å². The highest BCUT2D eigenvalue weighted by molar-refractivity contribution is 7.89. The Hall–Kier alpha value is -2.16. The van der Waals surface area contributed by atoms with E-state index in [1.54, 1.807) is 19.1 Å². The lowest BCUT2D eigenvalue weighted by molar-refractivity contribution is -0.384. The molecule has 0 saturated carbocycles. The molecule has 25 heavy (non-hydrogen) atoms. The molecular weight excluding hydrogens is 366 g/mol. The van der Waals surface area contributed by atoms with Crippen LogP contribution >= 0.6 is 11.6 Å². The van der Waals surface area contributed by atoms with Gasteiger partial charge in [-0.3, -0.25) is 10.1 Å². The van der Waals surface area contributed by atoms with Crippen molar-refractivity contribution in [2.24, 2.45) is 0 Å². The maximum Gasteiger partial charge on any atom is 0.271 e. The van der Waals surface area contributed by atoms with Gasteiger partial charge in [0.1, 0.15) is 0 Å². The van der Waals surface area contributed by atoms with E-state index in [9.17, 15) is 18.5 Å². The van der Waals surface area contributed by atoms with Crippen molar-refractivity contribution in [1.82, 2.24) is 4.31 Å². The third-order valence-corrected chi connectivity index (χ3v) is 5.78. The summed E-state index contributed by atoms with van der Waals surface area (Å²) in [6, 6.07) is 9.23. The van der Waals surface area contributed by atoms with Crippen molar-refractivity contribution in [1.29, 1.82) is 0 Å². The number of aryl methyl sites for hydroxylation is 1. The van der Waals surface area contributed by atoms with E-state index in [1.807, 2.05) is 0 Å². The number of non-ortho nitro benzene ring substituents is 1. The number of sulfonamides is 1. The molecule has 0 unspecified atom stereocenters. The van der Waals surface area contributed by atoms with Gasteiger partial charge in [-0.2, -0.15) is 0 Å². The van der Waals surface area contributed by atoms with Crippen molar-refractivity contribution < 1.29 is 13.3 Å². The first-order valence-corrected chi connectivity index (χ1v) is 9.14. The van der Waals surface area contributed by atoms with Crippen LogP contribution < -0.4 is 5.32 Å². The highest BCUT2D eigenvalue weighted by atomic mass is 35.5. The van der Waals surface area contributed by atoms with Gasteiger partial charge in [0.15, 0.2) is 0 Å². The molecule has 2 aromatic carbocycles. The molecule has 0 aliphatic heterocycles. The maximum atomic E-state index is 12.0. The lowest BCUT2D eigenvalue weighted by Crippen LogP contribution is -2.22. The van der Waals surface area contributed by atoms with Crippen molar-refractivity contribution in [2.75, 3.05) is 19.4 Å². The van der Waals surface area contributed by atoms with Crippen LogP contribution in [0.3, 0.4) is 0 Å². The molecule has 0 atom stereocenters. The predicted octanol–water partition coefficient (Wildman–Crippen LogP) is 3.42. The van der Waals surface area contributed by atoms with Gasteiger partial charge in [0.25, 0.3) is 5.69 Å². The van der Waals surface area contributed by atoms with Crippen molar-refractivity contribution in [3.8, 4) is 0 Å². The number of hydrogen-bond donors (Lipinski definition) is 1. The minimum Gasteiger partial charge on any atom is -0.380 e. The summed E-state index contributed by atoms with van der Waals surface area (Å²) in [5, 5.41) is 14.2. The second-order valence-corrected chi connectivity index (χ2v) is 8.22. The molecule has 0 fully saturated rings. The average molecular weight is 384 g/mol. The molecule has 0 bridgehead atoms. The number of rotatable bonds is 6. The van der Waals surface area contributed by atoms with Gasteiger partial charge in [0, 0.05) is 32.8 Å². The van der Waals surface area contributed by atoms with Gasteiger partial charge >= 0.3 is 0 Å². The fourth-order valence-corrected chi connectivity index (χ4v) is 3.47. The highest BCUT2D eigenvalue weighted by Crippen LogP contribution is 2.31. The summed E-state index contributed by atoms with van der Waals surface area (Å²) >= 11 is 6.11. The average Bonchev–Trinajstić information content (AvgIpc) is 2.54. The SMILES string of the molecule is Cc1cc([N+](=O)[O-])cc(Cl)c1NCc1ccc(S(=O)(=O)N(C)C)cc1. The molecule has 2 aromatic rings. The first-order chi connectivity index (χ1) is 11.6. The topological polar surface area (TPSA) is 92.5 Å². The summed E-state index contributed by atoms with van der Waals surface area (Å²) in [6.45, 7) is 2.13. The normalized spacial score (nSPS) is 11.6. The first-order valence-electron chi connectivity index (χ1n) is 7.33. The number of halogens is 1. The number of nitrogens with zero attached hydrogens (tertiary/aromatic N) is 2. The summed E-state index contributed by atoms with van der Waals surface area (Å²) in [5.74, 6) is 0. The molecular formula is C16H18ClN3O4S. The monoisotopic (exact) mass is 383 g/mol. The Morgan fingerprint density at radius 3 is 2.28 bits per heavy atom. The summed E-state index contributed by atoms with van der Waals surface area (Å²) in [5.41, 5.74) is 2.06. The largest absolute Gasteiger partial charge is 0.380 e. The van der Waals surface area contributed by atoms with Crippen molar-refractivity contribution in [2.45, 2.75) is 18.4 Å². The Morgan fingerprint density at radius 2 is 1.80 bits per heavy atom. The molecule has 0 aromatic heterocycles. The zero-order chi connectivity index (χ0) is 18.8. The van der Waals surface area contributed by atoms with Crippen molar-refractivity contribution in [3.63, 3.8) is 0 Å². The quantitative estimate of drug-likeness (QED) is 0.609. The third-order valence-electron chi connectivity index (χ3n) is 3.65. The van der Waals surface area contributed by atoms with Gasteiger partial charge in [-0.05, 0) is 30.2 Å². The number of nitro groups is 1. The molecule has 0 heterocycles. The third kappa shape index (κ3) is 4.28. The molecule has 0 aliphatic rings. The van der Waals surface area contributed by atoms with Gasteiger partial charge < -0.3 is 5.32 Å². The Kier molecular flexibility index (Phi) is 5.66. The maximum absolute atomic E-state index is 12.0. The van der Waals surface area contributed by atoms with E-state index < -0.39 is 14.9 Å². The minimum absolute atomic E-state index is 0.0636. The van der Waals surface area contributed by atoms with Crippen LogP contribution in [-0.4, -0.2) is 31.7 Å². The van der Waals surface area contributed by atoms with E-state index in [-0.39, 0.29) is 15.6 Å². The predicted molar refractivity (Wildman–Crippen MR) is 97.5 cm³/mol. The molecule has 0 radical (unpaired) electrons. The van der Waals surface area contributed by atoms with Crippen LogP contribution in [0.1, 0.15) is 11.1 Å². The Morgan fingerprint density at radius 1 is 1.20 bits per heavy atom. The number of anilines is 1. The number of nitrogens with one attached hydrogen (secondary N) is 1. The van der Waals surface area contributed by atoms with Gasteiger partial charge in [-0.25, -0.2) is 12.7 Å². The lowest BCUT2D eigenvalue weighted by atomic mass is 10.1. The van der Waals surface area contributed by atoms with Crippen LogP contribution in [0, 0.1) is 17.0 Å². The highest BCUT2D eigenvalue weighted by Gasteiger charge is 2.17. The molecule has 0 aliphatic carbocycles. The van der Waals surface area contributed by atoms with E-state index in [0.29, 0.717) is 17.8 Å². The van der Waals surface area contributed by atoms with E-state index in [0.717, 1.165) is 9.87 Å². The van der Waals surface area contributed by atoms with Crippen LogP contribution in [0.25, 0.3) is 0 Å². The van der Waals surface area contributed by atoms with Crippen LogP contribution in [0.15, 0.2) is 41.3 Å². The Bertz CT molecular complexity index is 873. The number of nitro benzene ring substituents is 1. The molecule has 0 saturated heterocycles. The molecule has 2 rings (SSSR count). The number of hydrogen-bond acceptors (Lipinski definition) is 5. The molecule has 134 valence electrons. The Labute approximate surface area is 151 Å². The van der Waals surface area contributed by atoms with Crippen LogP contribution in [0.5, 0.6) is 0 Å². The smallest absolute Gasteiger partial charge is 0.271 e. The second-order valence-electron chi connectivity index (χ2n) is 5.66. The number of benzene rings is 2. The Balaban J connectivity index is 2.16. The molecule has 9 heteroatoms.